The fraction of sp³-hybridized carbons (Fsp3) is 0.500. The van der Waals surface area contributed by atoms with E-state index in [1.807, 2.05) is 0 Å². The van der Waals surface area contributed by atoms with E-state index in [1.165, 1.54) is 6.07 Å². The second-order valence-corrected chi connectivity index (χ2v) is 4.18. The number of rotatable bonds is 4. The number of halogens is 2. The molecule has 0 aliphatic rings. The Bertz CT molecular complexity index is 323. The van der Waals surface area contributed by atoms with E-state index in [0.717, 1.165) is 18.4 Å². The normalized spacial score (nSPS) is 13.2. The Balaban J connectivity index is 2.90. The van der Waals surface area contributed by atoms with Gasteiger partial charge in [-0.15, -0.1) is 0 Å². The predicted octanol–water partition coefficient (Wildman–Crippen LogP) is 3.92. The van der Waals surface area contributed by atoms with E-state index < -0.39 is 5.82 Å². The molecule has 0 aromatic heterocycles. The molecule has 0 amide bonds. The average molecular weight is 230 g/mol. The van der Waals surface area contributed by atoms with Crippen LogP contribution >= 0.6 is 11.6 Å². The maximum atomic E-state index is 13.0. The van der Waals surface area contributed by atoms with Gasteiger partial charge in [0.05, 0.1) is 5.02 Å². The van der Waals surface area contributed by atoms with Gasteiger partial charge in [-0.2, -0.15) is 0 Å². The van der Waals surface area contributed by atoms with Crippen LogP contribution in [-0.4, -0.2) is 0 Å². The molecule has 0 heterocycles. The van der Waals surface area contributed by atoms with Crippen LogP contribution in [0.5, 0.6) is 0 Å². The van der Waals surface area contributed by atoms with E-state index in [4.69, 9.17) is 17.3 Å². The van der Waals surface area contributed by atoms with Crippen molar-refractivity contribution in [3.63, 3.8) is 0 Å². The van der Waals surface area contributed by atoms with Crippen LogP contribution in [0.25, 0.3) is 0 Å². The van der Waals surface area contributed by atoms with Gasteiger partial charge in [-0.25, -0.2) is 4.39 Å². The summed E-state index contributed by atoms with van der Waals surface area (Å²) in [5, 5.41) is 0.147. The molecule has 0 saturated heterocycles. The average Bonchev–Trinajstić information content (AvgIpc) is 2.23. The fourth-order valence-corrected chi connectivity index (χ4v) is 1.98. The molecule has 0 spiro atoms. The molecule has 0 aliphatic heterocycles. The molecule has 1 rings (SSSR count). The third-order valence-corrected chi connectivity index (χ3v) is 3.17. The van der Waals surface area contributed by atoms with Gasteiger partial charge in [0, 0.05) is 6.04 Å². The highest BCUT2D eigenvalue weighted by molar-refractivity contribution is 6.30. The van der Waals surface area contributed by atoms with Crippen LogP contribution in [0.15, 0.2) is 18.2 Å². The maximum Gasteiger partial charge on any atom is 0.141 e. The van der Waals surface area contributed by atoms with Crippen LogP contribution in [0.4, 0.5) is 4.39 Å². The molecular formula is C12H17ClFN. The SMILES string of the molecule is CCC(CC)C(N)c1ccc(F)c(Cl)c1. The molecule has 1 nitrogen and oxygen atoms in total. The third kappa shape index (κ3) is 2.93. The first-order valence-electron chi connectivity index (χ1n) is 5.30. The van der Waals surface area contributed by atoms with Gasteiger partial charge in [0.25, 0.3) is 0 Å². The minimum Gasteiger partial charge on any atom is -0.324 e. The molecule has 1 aromatic carbocycles. The largest absolute Gasteiger partial charge is 0.324 e. The lowest BCUT2D eigenvalue weighted by atomic mass is 9.90. The first-order chi connectivity index (χ1) is 7.10. The minimum absolute atomic E-state index is 0.0573. The zero-order valence-electron chi connectivity index (χ0n) is 9.13. The Hall–Kier alpha value is -0.600. The van der Waals surface area contributed by atoms with Crippen molar-refractivity contribution in [2.75, 3.05) is 0 Å². The second kappa shape index (κ2) is 5.47. The first-order valence-corrected chi connectivity index (χ1v) is 5.68. The van der Waals surface area contributed by atoms with Crippen molar-refractivity contribution in [3.8, 4) is 0 Å². The Labute approximate surface area is 95.4 Å². The van der Waals surface area contributed by atoms with E-state index in [1.54, 1.807) is 12.1 Å². The highest BCUT2D eigenvalue weighted by Crippen LogP contribution is 2.27. The zero-order chi connectivity index (χ0) is 11.4. The van der Waals surface area contributed by atoms with Crippen molar-refractivity contribution in [1.82, 2.24) is 0 Å². The smallest absolute Gasteiger partial charge is 0.141 e. The highest BCUT2D eigenvalue weighted by atomic mass is 35.5. The Morgan fingerprint density at radius 1 is 1.33 bits per heavy atom. The lowest BCUT2D eigenvalue weighted by molar-refractivity contribution is 0.405. The Kier molecular flexibility index (Phi) is 4.55. The number of hydrogen-bond donors (Lipinski definition) is 1. The van der Waals surface area contributed by atoms with Crippen molar-refractivity contribution >= 4 is 11.6 Å². The lowest BCUT2D eigenvalue weighted by Crippen LogP contribution is -2.20. The monoisotopic (exact) mass is 229 g/mol. The second-order valence-electron chi connectivity index (χ2n) is 3.78. The Morgan fingerprint density at radius 3 is 2.40 bits per heavy atom. The molecule has 3 heteroatoms. The standard InChI is InChI=1S/C12H17ClFN/c1-3-8(4-2)12(15)9-5-6-11(14)10(13)7-9/h5-8,12H,3-4,15H2,1-2H3. The molecule has 84 valence electrons. The lowest BCUT2D eigenvalue weighted by Gasteiger charge is -2.21. The third-order valence-electron chi connectivity index (χ3n) is 2.89. The molecule has 0 bridgehead atoms. The molecule has 0 aliphatic carbocycles. The summed E-state index contributed by atoms with van der Waals surface area (Å²) in [6.45, 7) is 4.22. The molecule has 15 heavy (non-hydrogen) atoms. The van der Waals surface area contributed by atoms with Gasteiger partial charge in [0.1, 0.15) is 5.82 Å². The summed E-state index contributed by atoms with van der Waals surface area (Å²) in [5.41, 5.74) is 7.01. The summed E-state index contributed by atoms with van der Waals surface area (Å²) < 4.78 is 13.0. The fourth-order valence-electron chi connectivity index (χ4n) is 1.79. The molecule has 2 N–H and O–H groups in total. The quantitative estimate of drug-likeness (QED) is 0.832. The Morgan fingerprint density at radius 2 is 1.93 bits per heavy atom. The van der Waals surface area contributed by atoms with Gasteiger partial charge in [0.15, 0.2) is 0 Å². The van der Waals surface area contributed by atoms with Crippen LogP contribution in [0.3, 0.4) is 0 Å². The summed E-state index contributed by atoms with van der Waals surface area (Å²) in [5.74, 6) is 0.0312. The van der Waals surface area contributed by atoms with Crippen molar-refractivity contribution in [2.45, 2.75) is 32.7 Å². The minimum atomic E-state index is -0.392. The van der Waals surface area contributed by atoms with Crippen LogP contribution in [0, 0.1) is 11.7 Å². The molecule has 0 saturated carbocycles. The van der Waals surface area contributed by atoms with Gasteiger partial charge in [-0.05, 0) is 23.6 Å². The molecule has 0 radical (unpaired) electrons. The van der Waals surface area contributed by atoms with Gasteiger partial charge < -0.3 is 5.73 Å². The van der Waals surface area contributed by atoms with E-state index in [-0.39, 0.29) is 11.1 Å². The van der Waals surface area contributed by atoms with Gasteiger partial charge >= 0.3 is 0 Å². The summed E-state index contributed by atoms with van der Waals surface area (Å²) in [7, 11) is 0. The number of benzene rings is 1. The van der Waals surface area contributed by atoms with E-state index >= 15 is 0 Å². The van der Waals surface area contributed by atoms with Crippen LogP contribution in [0.1, 0.15) is 38.3 Å². The predicted molar refractivity (Wildman–Crippen MR) is 62.4 cm³/mol. The number of hydrogen-bond acceptors (Lipinski definition) is 1. The van der Waals surface area contributed by atoms with Crippen LogP contribution in [-0.2, 0) is 0 Å². The topological polar surface area (TPSA) is 26.0 Å². The van der Waals surface area contributed by atoms with Crippen molar-refractivity contribution in [2.24, 2.45) is 11.7 Å². The van der Waals surface area contributed by atoms with Crippen LogP contribution in [0.2, 0.25) is 5.02 Å². The first kappa shape index (κ1) is 12.5. The van der Waals surface area contributed by atoms with Gasteiger partial charge in [-0.1, -0.05) is 44.4 Å². The summed E-state index contributed by atoms with van der Waals surface area (Å²) in [6, 6.07) is 4.65. The molecule has 1 unspecified atom stereocenters. The van der Waals surface area contributed by atoms with Crippen molar-refractivity contribution in [3.05, 3.63) is 34.6 Å². The van der Waals surface area contributed by atoms with Crippen molar-refractivity contribution in [1.29, 1.82) is 0 Å². The summed E-state index contributed by atoms with van der Waals surface area (Å²) in [6.07, 6.45) is 2.04. The molecular weight excluding hydrogens is 213 g/mol. The highest BCUT2D eigenvalue weighted by Gasteiger charge is 2.16. The molecule has 1 atom stereocenters. The molecule has 1 aromatic rings. The van der Waals surface area contributed by atoms with E-state index in [0.29, 0.717) is 5.92 Å². The zero-order valence-corrected chi connectivity index (χ0v) is 9.89. The van der Waals surface area contributed by atoms with E-state index in [9.17, 15) is 4.39 Å². The van der Waals surface area contributed by atoms with Crippen LogP contribution < -0.4 is 5.73 Å². The van der Waals surface area contributed by atoms with Crippen molar-refractivity contribution < 1.29 is 4.39 Å². The van der Waals surface area contributed by atoms with E-state index in [2.05, 4.69) is 13.8 Å². The van der Waals surface area contributed by atoms with Gasteiger partial charge in [-0.3, -0.25) is 0 Å². The maximum absolute atomic E-state index is 13.0. The van der Waals surface area contributed by atoms with Gasteiger partial charge in [0.2, 0.25) is 0 Å². The summed E-state index contributed by atoms with van der Waals surface area (Å²) >= 11 is 5.72. The number of nitrogens with two attached hydrogens (primary N) is 1. The summed E-state index contributed by atoms with van der Waals surface area (Å²) in [4.78, 5) is 0. The molecule has 0 fully saturated rings.